The van der Waals surface area contributed by atoms with Crippen LogP contribution in [0.4, 0.5) is 0 Å². The van der Waals surface area contributed by atoms with Gasteiger partial charge >= 0.3 is 0 Å². The van der Waals surface area contributed by atoms with Crippen LogP contribution in [0.15, 0.2) is 0 Å². The van der Waals surface area contributed by atoms with Crippen LogP contribution in [0.2, 0.25) is 0 Å². The molecule has 82 valence electrons. The van der Waals surface area contributed by atoms with Gasteiger partial charge in [-0.25, -0.2) is 0 Å². The number of piperidine rings is 1. The highest BCUT2D eigenvalue weighted by molar-refractivity contribution is 4.88. The summed E-state index contributed by atoms with van der Waals surface area (Å²) in [7, 11) is 0. The van der Waals surface area contributed by atoms with Gasteiger partial charge in [-0.05, 0) is 37.6 Å². The second-order valence-electron chi connectivity index (χ2n) is 5.05. The van der Waals surface area contributed by atoms with Gasteiger partial charge in [0, 0.05) is 13.1 Å². The van der Waals surface area contributed by atoms with E-state index in [-0.39, 0.29) is 6.10 Å². The van der Waals surface area contributed by atoms with Crippen LogP contribution in [-0.4, -0.2) is 35.7 Å². The Morgan fingerprint density at radius 2 is 1.71 bits per heavy atom. The Labute approximate surface area is 87.3 Å². The van der Waals surface area contributed by atoms with E-state index >= 15 is 0 Å². The predicted octanol–water partition coefficient (Wildman–Crippen LogP) is 1.88. The summed E-state index contributed by atoms with van der Waals surface area (Å²) < 4.78 is 0. The van der Waals surface area contributed by atoms with Crippen LogP contribution in [0.25, 0.3) is 0 Å². The van der Waals surface area contributed by atoms with Crippen LogP contribution in [0.3, 0.4) is 0 Å². The lowest BCUT2D eigenvalue weighted by atomic mass is 9.85. The molecule has 3 atom stereocenters. The van der Waals surface area contributed by atoms with E-state index in [0.717, 1.165) is 13.1 Å². The number of rotatable bonds is 2. The predicted molar refractivity (Wildman–Crippen MR) is 58.2 cm³/mol. The summed E-state index contributed by atoms with van der Waals surface area (Å²) in [5.41, 5.74) is 0. The van der Waals surface area contributed by atoms with Crippen molar-refractivity contribution in [1.82, 2.24) is 4.90 Å². The zero-order valence-corrected chi connectivity index (χ0v) is 9.28. The van der Waals surface area contributed by atoms with Crippen molar-refractivity contribution in [3.63, 3.8) is 0 Å². The molecule has 0 amide bonds. The average molecular weight is 197 g/mol. The van der Waals surface area contributed by atoms with E-state index in [4.69, 9.17) is 0 Å². The lowest BCUT2D eigenvalue weighted by Crippen LogP contribution is -2.48. The van der Waals surface area contributed by atoms with Crippen LogP contribution in [0.5, 0.6) is 0 Å². The van der Waals surface area contributed by atoms with E-state index in [1.165, 1.54) is 38.6 Å². The number of likely N-dealkylation sites (tertiary alicyclic amines) is 1. The first-order chi connectivity index (χ1) is 6.81. The van der Waals surface area contributed by atoms with E-state index < -0.39 is 0 Å². The molecule has 2 nitrogen and oxygen atoms in total. The fraction of sp³-hybridized carbons (Fsp3) is 1.00. The summed E-state index contributed by atoms with van der Waals surface area (Å²) in [6.07, 6.45) is 6.41. The van der Waals surface area contributed by atoms with E-state index in [1.807, 2.05) is 0 Å². The molecule has 1 heterocycles. The van der Waals surface area contributed by atoms with Crippen molar-refractivity contribution >= 4 is 0 Å². The summed E-state index contributed by atoms with van der Waals surface area (Å²) >= 11 is 0. The van der Waals surface area contributed by atoms with Crippen LogP contribution in [0.1, 0.15) is 39.0 Å². The smallest absolute Gasteiger partial charge is 0.0620 e. The molecule has 0 spiro atoms. The third-order valence-corrected chi connectivity index (χ3v) is 3.89. The fourth-order valence-electron chi connectivity index (χ4n) is 3.17. The van der Waals surface area contributed by atoms with Gasteiger partial charge in [0.15, 0.2) is 0 Å². The molecule has 2 fully saturated rings. The van der Waals surface area contributed by atoms with Crippen molar-refractivity contribution in [3.8, 4) is 0 Å². The first-order valence-electron chi connectivity index (χ1n) is 6.21. The maximum atomic E-state index is 10.1. The third kappa shape index (κ3) is 2.12. The molecular weight excluding hydrogens is 174 g/mol. The minimum atomic E-state index is 0.00519. The number of hydrogen-bond acceptors (Lipinski definition) is 2. The van der Waals surface area contributed by atoms with Crippen molar-refractivity contribution in [3.05, 3.63) is 0 Å². The van der Waals surface area contributed by atoms with Gasteiger partial charge < -0.3 is 10.0 Å². The monoisotopic (exact) mass is 197 g/mol. The first-order valence-corrected chi connectivity index (χ1v) is 6.21. The standard InChI is InChI=1S/C12H23NO/c1-2-7-13-8-10-5-3-4-6-11(9-13)12(10)14/h10-12,14H,2-9H2,1H3/t10-,11+,12?. The largest absolute Gasteiger partial charge is 0.392 e. The van der Waals surface area contributed by atoms with Crippen molar-refractivity contribution < 1.29 is 5.11 Å². The third-order valence-electron chi connectivity index (χ3n) is 3.89. The van der Waals surface area contributed by atoms with Gasteiger partial charge in [-0.3, -0.25) is 0 Å². The lowest BCUT2D eigenvalue weighted by molar-refractivity contribution is -0.0191. The molecule has 2 bridgehead atoms. The maximum absolute atomic E-state index is 10.1. The molecule has 0 aromatic heterocycles. The minimum absolute atomic E-state index is 0.00519. The Hall–Kier alpha value is -0.0800. The fourth-order valence-corrected chi connectivity index (χ4v) is 3.17. The second-order valence-corrected chi connectivity index (χ2v) is 5.05. The molecule has 1 aliphatic heterocycles. The molecule has 2 rings (SSSR count). The zero-order chi connectivity index (χ0) is 9.97. The molecular formula is C12H23NO. The molecule has 2 heteroatoms. The zero-order valence-electron chi connectivity index (χ0n) is 9.28. The van der Waals surface area contributed by atoms with Crippen molar-refractivity contribution in [2.24, 2.45) is 11.8 Å². The Morgan fingerprint density at radius 3 is 2.21 bits per heavy atom. The molecule has 1 unspecified atom stereocenters. The Bertz CT molecular complexity index is 167. The van der Waals surface area contributed by atoms with E-state index in [1.54, 1.807) is 0 Å². The van der Waals surface area contributed by atoms with E-state index in [9.17, 15) is 5.11 Å². The highest BCUT2D eigenvalue weighted by atomic mass is 16.3. The number of aliphatic hydroxyl groups excluding tert-OH is 1. The van der Waals surface area contributed by atoms with Crippen molar-refractivity contribution in [2.75, 3.05) is 19.6 Å². The topological polar surface area (TPSA) is 23.5 Å². The van der Waals surface area contributed by atoms with Gasteiger partial charge in [-0.2, -0.15) is 0 Å². The van der Waals surface area contributed by atoms with Gasteiger partial charge in [0.25, 0.3) is 0 Å². The molecule has 2 aliphatic rings. The quantitative estimate of drug-likeness (QED) is 0.730. The minimum Gasteiger partial charge on any atom is -0.392 e. The Kier molecular flexibility index (Phi) is 3.45. The first kappa shape index (κ1) is 10.4. The Morgan fingerprint density at radius 1 is 1.14 bits per heavy atom. The molecule has 14 heavy (non-hydrogen) atoms. The van der Waals surface area contributed by atoms with Gasteiger partial charge in [0.05, 0.1) is 6.10 Å². The molecule has 0 aromatic carbocycles. The van der Waals surface area contributed by atoms with E-state index in [2.05, 4.69) is 11.8 Å². The Balaban J connectivity index is 1.99. The normalized spacial score (nSPS) is 39.4. The highest BCUT2D eigenvalue weighted by Crippen LogP contribution is 2.33. The number of aliphatic hydroxyl groups is 1. The molecule has 1 saturated heterocycles. The van der Waals surface area contributed by atoms with Gasteiger partial charge in [0.2, 0.25) is 0 Å². The van der Waals surface area contributed by atoms with Crippen LogP contribution < -0.4 is 0 Å². The molecule has 1 N–H and O–H groups in total. The molecule has 0 radical (unpaired) electrons. The number of nitrogens with zero attached hydrogens (tertiary/aromatic N) is 1. The van der Waals surface area contributed by atoms with Crippen molar-refractivity contribution in [2.45, 2.75) is 45.1 Å². The van der Waals surface area contributed by atoms with Gasteiger partial charge in [0.1, 0.15) is 0 Å². The second kappa shape index (κ2) is 4.63. The molecule has 1 saturated carbocycles. The average Bonchev–Trinajstić information content (AvgIpc) is 2.30. The van der Waals surface area contributed by atoms with Crippen molar-refractivity contribution in [1.29, 1.82) is 0 Å². The summed E-state index contributed by atoms with van der Waals surface area (Å²) in [6.45, 7) is 5.76. The van der Waals surface area contributed by atoms with Crippen LogP contribution in [-0.2, 0) is 0 Å². The summed E-state index contributed by atoms with van der Waals surface area (Å²) in [5, 5.41) is 10.1. The molecule has 0 aromatic rings. The number of fused-ring (bicyclic) bond motifs is 2. The van der Waals surface area contributed by atoms with Gasteiger partial charge in [-0.15, -0.1) is 0 Å². The maximum Gasteiger partial charge on any atom is 0.0620 e. The van der Waals surface area contributed by atoms with E-state index in [0.29, 0.717) is 11.8 Å². The van der Waals surface area contributed by atoms with Gasteiger partial charge in [-0.1, -0.05) is 19.8 Å². The highest BCUT2D eigenvalue weighted by Gasteiger charge is 2.36. The summed E-state index contributed by atoms with van der Waals surface area (Å²) in [6, 6.07) is 0. The summed E-state index contributed by atoms with van der Waals surface area (Å²) in [5.74, 6) is 1.14. The molecule has 1 aliphatic carbocycles. The SMILES string of the molecule is CCCN1C[C@H]2CCCC[C@@H](C1)C2O. The van der Waals surface area contributed by atoms with Crippen LogP contribution >= 0.6 is 0 Å². The number of hydrogen-bond donors (Lipinski definition) is 1. The lowest BCUT2D eigenvalue weighted by Gasteiger charge is -2.40. The van der Waals surface area contributed by atoms with Crippen LogP contribution in [0, 0.1) is 11.8 Å². The summed E-state index contributed by atoms with van der Waals surface area (Å²) in [4.78, 5) is 2.56.